The molecular weight excluding hydrogens is 401 g/mol. The van der Waals surface area contributed by atoms with Crippen molar-refractivity contribution in [2.24, 2.45) is 0 Å². The van der Waals surface area contributed by atoms with Crippen LogP contribution >= 0.6 is 0 Å². The van der Waals surface area contributed by atoms with Gasteiger partial charge in [-0.1, -0.05) is 12.1 Å². The molecule has 1 fully saturated rings. The maximum atomic E-state index is 13.3. The fourth-order valence-electron chi connectivity index (χ4n) is 3.64. The summed E-state index contributed by atoms with van der Waals surface area (Å²) in [7, 11) is 0. The molecule has 1 saturated heterocycles. The number of likely N-dealkylation sites (tertiary alicyclic amines) is 1. The second-order valence-electron chi connectivity index (χ2n) is 7.02. The number of amides is 1. The zero-order chi connectivity index (χ0) is 22.0. The van der Waals surface area contributed by atoms with Gasteiger partial charge >= 0.3 is 0 Å². The Bertz CT molecular complexity index is 1120. The van der Waals surface area contributed by atoms with Crippen molar-refractivity contribution < 1.29 is 28.2 Å². The summed E-state index contributed by atoms with van der Waals surface area (Å²) in [5, 5.41) is 10.9. The van der Waals surface area contributed by atoms with Crippen LogP contribution in [0, 0.1) is 5.82 Å². The van der Waals surface area contributed by atoms with Crippen LogP contribution in [0.2, 0.25) is 0 Å². The Hall–Kier alpha value is -3.87. The lowest BCUT2D eigenvalue weighted by atomic mass is 9.95. The van der Waals surface area contributed by atoms with Gasteiger partial charge in [0.05, 0.1) is 31.0 Å². The minimum atomic E-state index is -0.842. The first-order chi connectivity index (χ1) is 15.0. The van der Waals surface area contributed by atoms with E-state index in [4.69, 9.17) is 9.15 Å². The van der Waals surface area contributed by atoms with Crippen LogP contribution in [0.5, 0.6) is 5.75 Å². The van der Waals surface area contributed by atoms with Crippen molar-refractivity contribution in [2.45, 2.75) is 19.5 Å². The molecule has 7 heteroatoms. The zero-order valence-electron chi connectivity index (χ0n) is 16.7. The lowest BCUT2D eigenvalue weighted by Gasteiger charge is -2.24. The molecule has 1 atom stereocenters. The third kappa shape index (κ3) is 3.94. The summed E-state index contributed by atoms with van der Waals surface area (Å²) in [6, 6.07) is 14.6. The molecule has 0 spiro atoms. The van der Waals surface area contributed by atoms with Gasteiger partial charge in [-0.15, -0.1) is 0 Å². The van der Waals surface area contributed by atoms with Crippen molar-refractivity contribution in [1.29, 1.82) is 0 Å². The number of halogens is 1. The number of carbonyl (C=O) groups is 2. The fraction of sp³-hybridized carbons (Fsp3) is 0.167. The summed E-state index contributed by atoms with van der Waals surface area (Å²) >= 11 is 0. The van der Waals surface area contributed by atoms with Crippen molar-refractivity contribution in [2.75, 3.05) is 6.61 Å². The maximum absolute atomic E-state index is 13.3. The Labute approximate surface area is 178 Å². The number of aliphatic hydroxyl groups excluding tert-OH is 1. The summed E-state index contributed by atoms with van der Waals surface area (Å²) < 4.78 is 24.2. The molecule has 0 radical (unpaired) electrons. The normalized spacial score (nSPS) is 17.9. The highest BCUT2D eigenvalue weighted by Crippen LogP contribution is 2.40. The number of carbonyl (C=O) groups excluding carboxylic acids is 2. The molecule has 31 heavy (non-hydrogen) atoms. The number of Topliss-reactive ketones (excluding diaryl/α,β-unsaturated/α-hetero) is 1. The Kier molecular flexibility index (Phi) is 5.58. The smallest absolute Gasteiger partial charge is 0.296 e. The molecule has 1 aliphatic heterocycles. The number of furan rings is 1. The summed E-state index contributed by atoms with van der Waals surface area (Å²) in [4.78, 5) is 27.2. The van der Waals surface area contributed by atoms with Crippen LogP contribution in [0.1, 0.15) is 29.9 Å². The van der Waals surface area contributed by atoms with Crippen LogP contribution in [0.3, 0.4) is 0 Å². The summed E-state index contributed by atoms with van der Waals surface area (Å²) in [5.74, 6) is -1.25. The molecule has 0 bridgehead atoms. The van der Waals surface area contributed by atoms with E-state index in [1.807, 2.05) is 6.92 Å². The first-order valence-corrected chi connectivity index (χ1v) is 9.79. The number of aliphatic hydroxyl groups is 1. The van der Waals surface area contributed by atoms with Crippen molar-refractivity contribution in [3.8, 4) is 5.75 Å². The lowest BCUT2D eigenvalue weighted by Crippen LogP contribution is -2.29. The number of ketones is 1. The predicted octanol–water partition coefficient (Wildman–Crippen LogP) is 4.44. The number of nitrogens with zero attached hydrogens (tertiary/aromatic N) is 1. The maximum Gasteiger partial charge on any atom is 0.296 e. The Morgan fingerprint density at radius 1 is 1.10 bits per heavy atom. The average molecular weight is 421 g/mol. The average Bonchev–Trinajstić information content (AvgIpc) is 3.37. The van der Waals surface area contributed by atoms with Crippen LogP contribution in [-0.4, -0.2) is 28.3 Å². The van der Waals surface area contributed by atoms with Gasteiger partial charge in [0.15, 0.2) is 0 Å². The molecule has 3 aromatic rings. The second-order valence-corrected chi connectivity index (χ2v) is 7.02. The molecule has 0 aliphatic carbocycles. The van der Waals surface area contributed by atoms with E-state index in [0.29, 0.717) is 23.7 Å². The van der Waals surface area contributed by atoms with Gasteiger partial charge in [-0.3, -0.25) is 9.59 Å². The number of hydrogen-bond acceptors (Lipinski definition) is 5. The molecule has 1 unspecified atom stereocenters. The number of ether oxygens (including phenoxy) is 1. The van der Waals surface area contributed by atoms with Crippen LogP contribution in [0.15, 0.2) is 76.9 Å². The van der Waals surface area contributed by atoms with E-state index in [0.717, 1.165) is 0 Å². The molecule has 158 valence electrons. The van der Waals surface area contributed by atoms with Crippen molar-refractivity contribution >= 4 is 17.4 Å². The van der Waals surface area contributed by atoms with E-state index >= 15 is 0 Å². The standard InChI is InChI=1S/C24H20FNO5/c1-2-30-18-11-7-15(8-12-18)21-20(22(27)16-5-9-17(25)10-6-16)23(28)24(29)26(21)14-19-4-3-13-31-19/h3-13,21,27H,2,14H2,1H3/b22-20+. The van der Waals surface area contributed by atoms with Crippen LogP contribution in [0.25, 0.3) is 5.76 Å². The van der Waals surface area contributed by atoms with E-state index in [9.17, 15) is 19.1 Å². The molecule has 2 heterocycles. The van der Waals surface area contributed by atoms with Crippen molar-refractivity contribution in [3.63, 3.8) is 0 Å². The molecule has 0 saturated carbocycles. The largest absolute Gasteiger partial charge is 0.507 e. The topological polar surface area (TPSA) is 80.0 Å². The van der Waals surface area contributed by atoms with Gasteiger partial charge in [0.2, 0.25) is 0 Å². The van der Waals surface area contributed by atoms with Gasteiger partial charge < -0.3 is 19.2 Å². The summed E-state index contributed by atoms with van der Waals surface area (Å²) in [6.07, 6.45) is 1.48. The van der Waals surface area contributed by atoms with Crippen LogP contribution < -0.4 is 4.74 Å². The molecule has 1 N–H and O–H groups in total. The molecule has 1 amide bonds. The highest BCUT2D eigenvalue weighted by molar-refractivity contribution is 6.46. The third-order valence-corrected chi connectivity index (χ3v) is 5.07. The first kappa shape index (κ1) is 20.4. The Balaban J connectivity index is 1.82. The summed E-state index contributed by atoms with van der Waals surface area (Å²) in [6.45, 7) is 2.42. The highest BCUT2D eigenvalue weighted by Gasteiger charge is 2.46. The van der Waals surface area contributed by atoms with Gasteiger partial charge in [0, 0.05) is 5.56 Å². The monoisotopic (exact) mass is 421 g/mol. The quantitative estimate of drug-likeness (QED) is 0.362. The van der Waals surface area contributed by atoms with Crippen LogP contribution in [0.4, 0.5) is 4.39 Å². The van der Waals surface area contributed by atoms with Gasteiger partial charge in [0.1, 0.15) is 23.1 Å². The Morgan fingerprint density at radius 2 is 1.81 bits per heavy atom. The van der Waals surface area contributed by atoms with Crippen LogP contribution in [-0.2, 0) is 16.1 Å². The molecule has 2 aromatic carbocycles. The Morgan fingerprint density at radius 3 is 2.42 bits per heavy atom. The minimum Gasteiger partial charge on any atom is -0.507 e. The second kappa shape index (κ2) is 8.47. The molecular formula is C24H20FNO5. The first-order valence-electron chi connectivity index (χ1n) is 9.79. The molecule has 6 nitrogen and oxygen atoms in total. The molecule has 4 rings (SSSR count). The van der Waals surface area contributed by atoms with Gasteiger partial charge in [0.25, 0.3) is 11.7 Å². The van der Waals surface area contributed by atoms with E-state index in [1.165, 1.54) is 35.4 Å². The lowest BCUT2D eigenvalue weighted by molar-refractivity contribution is -0.140. The van der Waals surface area contributed by atoms with Gasteiger partial charge in [-0.2, -0.15) is 0 Å². The molecule has 1 aliphatic rings. The SMILES string of the molecule is CCOc1ccc(C2/C(=C(\O)c3ccc(F)cc3)C(=O)C(=O)N2Cc2ccco2)cc1. The fourth-order valence-corrected chi connectivity index (χ4v) is 3.64. The van der Waals surface area contributed by atoms with E-state index in [2.05, 4.69) is 0 Å². The predicted molar refractivity (Wildman–Crippen MR) is 111 cm³/mol. The zero-order valence-corrected chi connectivity index (χ0v) is 16.7. The summed E-state index contributed by atoms with van der Waals surface area (Å²) in [5.41, 5.74) is 0.804. The molecule has 1 aromatic heterocycles. The van der Waals surface area contributed by atoms with Gasteiger partial charge in [-0.05, 0) is 61.0 Å². The number of hydrogen-bond donors (Lipinski definition) is 1. The number of benzene rings is 2. The minimum absolute atomic E-state index is 0.0512. The highest BCUT2D eigenvalue weighted by atomic mass is 19.1. The van der Waals surface area contributed by atoms with Crippen molar-refractivity contribution in [1.82, 2.24) is 4.90 Å². The van der Waals surface area contributed by atoms with E-state index in [-0.39, 0.29) is 23.4 Å². The van der Waals surface area contributed by atoms with Gasteiger partial charge in [-0.25, -0.2) is 4.39 Å². The third-order valence-electron chi connectivity index (χ3n) is 5.07. The van der Waals surface area contributed by atoms with Crippen molar-refractivity contribution in [3.05, 3.63) is 95.2 Å². The van der Waals surface area contributed by atoms with E-state index < -0.39 is 23.5 Å². The van der Waals surface area contributed by atoms with E-state index in [1.54, 1.807) is 36.4 Å². The number of rotatable bonds is 6.